The molecule has 1 atom stereocenters. The Balaban J connectivity index is 2.83. The molecule has 1 amide bonds. The van der Waals surface area contributed by atoms with Crippen molar-refractivity contribution in [1.82, 2.24) is 4.48 Å². The molecule has 0 aliphatic carbocycles. The monoisotopic (exact) mass is 356 g/mol. The summed E-state index contributed by atoms with van der Waals surface area (Å²) in [6, 6.07) is 3.52. The van der Waals surface area contributed by atoms with E-state index in [0.717, 1.165) is 10.0 Å². The van der Waals surface area contributed by atoms with E-state index >= 15 is 0 Å². The summed E-state index contributed by atoms with van der Waals surface area (Å²) in [7, 11) is 1.30. The molecule has 1 aromatic carbocycles. The first-order valence-electron chi connectivity index (χ1n) is 6.68. The summed E-state index contributed by atoms with van der Waals surface area (Å²) in [6.45, 7) is 6.05. The van der Waals surface area contributed by atoms with Crippen LogP contribution >= 0.6 is 15.9 Å². The average Bonchev–Trinajstić information content (AvgIpc) is 2.76. The molecule has 1 unspecified atom stereocenters. The molecule has 0 fully saturated rings. The molecule has 5 nitrogen and oxygen atoms in total. The summed E-state index contributed by atoms with van der Waals surface area (Å²) >= 11 is 3.38. The standard InChI is InChI=1S/C15H18BrNO4/c1-15(2,3)17(14(19)20)6-5-9-7-10(16)8-11(12(9)17)13(18)21-4/h7-8H,5-6H2,1-4H3/p+1. The first-order chi connectivity index (χ1) is 9.65. The van der Waals surface area contributed by atoms with E-state index in [0.29, 0.717) is 24.2 Å². The Morgan fingerprint density at radius 3 is 2.43 bits per heavy atom. The summed E-state index contributed by atoms with van der Waals surface area (Å²) in [5.74, 6) is -0.512. The molecule has 1 aliphatic rings. The first-order valence-corrected chi connectivity index (χ1v) is 7.47. The van der Waals surface area contributed by atoms with Gasteiger partial charge in [0.25, 0.3) is 0 Å². The Bertz CT molecular complexity index is 621. The zero-order valence-corrected chi connectivity index (χ0v) is 14.2. The van der Waals surface area contributed by atoms with Gasteiger partial charge in [0, 0.05) is 16.5 Å². The number of esters is 1. The molecule has 0 bridgehead atoms. The van der Waals surface area contributed by atoms with Crippen molar-refractivity contribution in [2.45, 2.75) is 32.7 Å². The number of nitrogens with zero attached hydrogens (tertiary/aromatic N) is 1. The molecule has 0 saturated carbocycles. The number of carbonyl (C=O) groups is 2. The van der Waals surface area contributed by atoms with Crippen LogP contribution in [0.25, 0.3) is 0 Å². The van der Waals surface area contributed by atoms with Crippen molar-refractivity contribution in [3.8, 4) is 0 Å². The van der Waals surface area contributed by atoms with Gasteiger partial charge in [0.15, 0.2) is 5.69 Å². The van der Waals surface area contributed by atoms with Crippen molar-refractivity contribution >= 4 is 33.7 Å². The van der Waals surface area contributed by atoms with Crippen LogP contribution in [0.2, 0.25) is 0 Å². The van der Waals surface area contributed by atoms with Crippen molar-refractivity contribution in [3.05, 3.63) is 27.7 Å². The number of quaternary nitrogens is 1. The van der Waals surface area contributed by atoms with Gasteiger partial charge in [-0.1, -0.05) is 15.9 Å². The van der Waals surface area contributed by atoms with Gasteiger partial charge in [-0.25, -0.2) is 4.79 Å². The summed E-state index contributed by atoms with van der Waals surface area (Å²) in [6.07, 6.45) is -0.337. The maximum atomic E-state index is 12.1. The average molecular weight is 357 g/mol. The van der Waals surface area contributed by atoms with Crippen molar-refractivity contribution < 1.29 is 19.4 Å². The van der Waals surface area contributed by atoms with Crippen LogP contribution in [0, 0.1) is 0 Å². The summed E-state index contributed by atoms with van der Waals surface area (Å²) in [5.41, 5.74) is 1.16. The lowest BCUT2D eigenvalue weighted by atomic mass is 9.99. The predicted molar refractivity (Wildman–Crippen MR) is 83.6 cm³/mol. The van der Waals surface area contributed by atoms with Gasteiger partial charge in [0.1, 0.15) is 11.1 Å². The second-order valence-corrected chi connectivity index (χ2v) is 7.11. The Morgan fingerprint density at radius 2 is 1.95 bits per heavy atom. The van der Waals surface area contributed by atoms with E-state index in [-0.39, 0.29) is 4.48 Å². The highest BCUT2D eigenvalue weighted by Gasteiger charge is 2.56. The lowest BCUT2D eigenvalue weighted by Crippen LogP contribution is -2.64. The number of carbonyl (C=O) groups excluding carboxylic acids is 1. The van der Waals surface area contributed by atoms with Gasteiger partial charge in [-0.2, -0.15) is 9.28 Å². The van der Waals surface area contributed by atoms with Crippen molar-refractivity contribution in [1.29, 1.82) is 0 Å². The molecule has 114 valence electrons. The molecule has 1 aliphatic heterocycles. The van der Waals surface area contributed by atoms with Gasteiger partial charge >= 0.3 is 12.1 Å². The van der Waals surface area contributed by atoms with Crippen LogP contribution in [-0.2, 0) is 11.2 Å². The molecule has 0 saturated heterocycles. The van der Waals surface area contributed by atoms with E-state index in [2.05, 4.69) is 15.9 Å². The molecule has 2 rings (SSSR count). The van der Waals surface area contributed by atoms with Gasteiger partial charge in [0.2, 0.25) is 0 Å². The number of ether oxygens (including phenoxy) is 1. The van der Waals surface area contributed by atoms with E-state index in [4.69, 9.17) is 4.74 Å². The predicted octanol–water partition coefficient (Wildman–Crippen LogP) is 3.58. The lowest BCUT2D eigenvalue weighted by molar-refractivity contribution is 0.0595. The van der Waals surface area contributed by atoms with Crippen LogP contribution in [0.3, 0.4) is 0 Å². The molecule has 21 heavy (non-hydrogen) atoms. The van der Waals surface area contributed by atoms with Crippen molar-refractivity contribution in [2.75, 3.05) is 13.7 Å². The number of halogens is 1. The molecule has 0 spiro atoms. The van der Waals surface area contributed by atoms with Crippen LogP contribution in [-0.4, -0.2) is 36.4 Å². The third-order valence-corrected chi connectivity index (χ3v) is 4.59. The second kappa shape index (κ2) is 5.10. The normalized spacial score (nSPS) is 21.0. The van der Waals surface area contributed by atoms with E-state index in [1.807, 2.05) is 26.8 Å². The molecule has 0 aromatic heterocycles. The summed E-state index contributed by atoms with van der Waals surface area (Å²) in [5, 5.41) is 9.90. The van der Waals surface area contributed by atoms with Crippen LogP contribution in [0.4, 0.5) is 10.5 Å². The van der Waals surface area contributed by atoms with Crippen LogP contribution < -0.4 is 4.48 Å². The number of methoxy groups -OCH3 is 1. The third-order valence-electron chi connectivity index (χ3n) is 4.13. The van der Waals surface area contributed by atoms with Crippen LogP contribution in [0.1, 0.15) is 36.7 Å². The largest absolute Gasteiger partial charge is 0.519 e. The third kappa shape index (κ3) is 2.26. The molecule has 6 heteroatoms. The van der Waals surface area contributed by atoms with Gasteiger partial charge in [-0.05, 0) is 32.9 Å². The number of hydrogen-bond donors (Lipinski definition) is 1. The molecular weight excluding hydrogens is 338 g/mol. The number of benzene rings is 1. The Labute approximate surface area is 132 Å². The highest BCUT2D eigenvalue weighted by Crippen LogP contribution is 2.45. The zero-order valence-electron chi connectivity index (χ0n) is 12.6. The summed E-state index contributed by atoms with van der Waals surface area (Å²) in [4.78, 5) is 24.2. The Hall–Kier alpha value is -1.40. The fourth-order valence-electron chi connectivity index (χ4n) is 3.11. The van der Waals surface area contributed by atoms with Gasteiger partial charge in [0.05, 0.1) is 13.7 Å². The number of rotatable bonds is 1. The number of fused-ring (bicyclic) bond motifs is 1. The minimum absolute atomic E-state index is 0.264. The lowest BCUT2D eigenvalue weighted by Gasteiger charge is -2.40. The SMILES string of the molecule is COC(=O)c1cc(Br)cc2c1[N+](C(=O)O)(C(C)(C)C)CC2. The van der Waals surface area contributed by atoms with E-state index < -0.39 is 17.6 Å². The minimum Gasteiger partial charge on any atom is -0.465 e. The highest BCUT2D eigenvalue weighted by atomic mass is 79.9. The quantitative estimate of drug-likeness (QED) is 0.617. The first kappa shape index (κ1) is 16.0. The molecule has 1 aromatic rings. The van der Waals surface area contributed by atoms with Crippen LogP contribution in [0.15, 0.2) is 16.6 Å². The minimum atomic E-state index is -0.950. The van der Waals surface area contributed by atoms with E-state index in [1.54, 1.807) is 6.07 Å². The number of hydrogen-bond acceptors (Lipinski definition) is 3. The second-order valence-electron chi connectivity index (χ2n) is 6.19. The topological polar surface area (TPSA) is 63.6 Å². The van der Waals surface area contributed by atoms with Gasteiger partial charge < -0.3 is 9.84 Å². The Kier molecular flexibility index (Phi) is 3.88. The fourth-order valence-corrected chi connectivity index (χ4v) is 3.62. The highest BCUT2D eigenvalue weighted by molar-refractivity contribution is 9.10. The van der Waals surface area contributed by atoms with E-state index in [9.17, 15) is 14.7 Å². The molecule has 0 radical (unpaired) electrons. The van der Waals surface area contributed by atoms with Crippen LogP contribution in [0.5, 0.6) is 0 Å². The smallest absolute Gasteiger partial charge is 0.465 e. The van der Waals surface area contributed by atoms with Gasteiger partial charge in [-0.15, -0.1) is 0 Å². The number of amides is 1. The van der Waals surface area contributed by atoms with Crippen molar-refractivity contribution in [2.24, 2.45) is 0 Å². The molecule has 1 heterocycles. The zero-order chi connectivity index (χ0) is 16.0. The van der Waals surface area contributed by atoms with Crippen molar-refractivity contribution in [3.63, 3.8) is 0 Å². The fraction of sp³-hybridized carbons (Fsp3) is 0.467. The molecule has 1 N–H and O–H groups in total. The molecular formula is C15H19BrNO4+. The maximum absolute atomic E-state index is 12.1. The van der Waals surface area contributed by atoms with E-state index in [1.165, 1.54) is 7.11 Å². The number of carboxylic acid groups (broad SMARTS) is 1. The summed E-state index contributed by atoms with van der Waals surface area (Å²) < 4.78 is 5.33. The van der Waals surface area contributed by atoms with Gasteiger partial charge in [-0.3, -0.25) is 0 Å². The maximum Gasteiger partial charge on any atom is 0.519 e. The Morgan fingerprint density at radius 1 is 1.33 bits per heavy atom.